The highest BCUT2D eigenvalue weighted by atomic mass is 32.2. The third kappa shape index (κ3) is 2.97. The van der Waals surface area contributed by atoms with E-state index in [0.29, 0.717) is 12.0 Å². The summed E-state index contributed by atoms with van der Waals surface area (Å²) in [6.45, 7) is 5.12. The predicted molar refractivity (Wildman–Crippen MR) is 92.7 cm³/mol. The number of benzene rings is 1. The SMILES string of the molecule is CSc1cccc(NC(=O)N2CC[C@H]3CCN(C)C[C@@H]32)c1C. The summed E-state index contributed by atoms with van der Waals surface area (Å²) in [6, 6.07) is 6.53. The minimum atomic E-state index is 0.0594. The van der Waals surface area contributed by atoms with Gasteiger partial charge in [0.15, 0.2) is 0 Å². The number of anilines is 1. The maximum absolute atomic E-state index is 12.7. The van der Waals surface area contributed by atoms with Crippen molar-refractivity contribution in [2.75, 3.05) is 38.3 Å². The fraction of sp³-hybridized carbons (Fsp3) is 0.588. The smallest absolute Gasteiger partial charge is 0.320 e. The summed E-state index contributed by atoms with van der Waals surface area (Å²) in [4.78, 5) is 18.3. The van der Waals surface area contributed by atoms with E-state index in [0.717, 1.165) is 37.3 Å². The Labute approximate surface area is 137 Å². The highest BCUT2D eigenvalue weighted by Crippen LogP contribution is 2.32. The number of rotatable bonds is 2. The van der Waals surface area contributed by atoms with Gasteiger partial charge in [-0.3, -0.25) is 0 Å². The van der Waals surface area contributed by atoms with Crippen molar-refractivity contribution in [1.82, 2.24) is 9.80 Å². The Morgan fingerprint density at radius 2 is 2.09 bits per heavy atom. The molecule has 0 aromatic heterocycles. The van der Waals surface area contributed by atoms with Crippen molar-refractivity contribution in [3.63, 3.8) is 0 Å². The summed E-state index contributed by atoms with van der Waals surface area (Å²) in [6.07, 6.45) is 4.43. The molecule has 3 rings (SSSR count). The average molecular weight is 319 g/mol. The highest BCUT2D eigenvalue weighted by molar-refractivity contribution is 7.98. The lowest BCUT2D eigenvalue weighted by Crippen LogP contribution is -2.49. The zero-order valence-electron chi connectivity index (χ0n) is 13.6. The summed E-state index contributed by atoms with van der Waals surface area (Å²) < 4.78 is 0. The molecule has 0 spiro atoms. The molecule has 2 saturated heterocycles. The van der Waals surface area contributed by atoms with Crippen molar-refractivity contribution in [3.05, 3.63) is 23.8 Å². The first-order valence-electron chi connectivity index (χ1n) is 8.00. The maximum Gasteiger partial charge on any atom is 0.322 e. The van der Waals surface area contributed by atoms with Crippen LogP contribution < -0.4 is 5.32 Å². The molecule has 2 atom stereocenters. The minimum Gasteiger partial charge on any atom is -0.320 e. The monoisotopic (exact) mass is 319 g/mol. The molecule has 2 aliphatic rings. The summed E-state index contributed by atoms with van der Waals surface area (Å²) >= 11 is 1.72. The van der Waals surface area contributed by atoms with Crippen LogP contribution in [-0.2, 0) is 0 Å². The first-order chi connectivity index (χ1) is 10.6. The van der Waals surface area contributed by atoms with Crippen LogP contribution in [0.15, 0.2) is 23.1 Å². The second kappa shape index (κ2) is 6.50. The molecule has 2 fully saturated rings. The number of piperidine rings is 1. The van der Waals surface area contributed by atoms with E-state index in [1.54, 1.807) is 11.8 Å². The van der Waals surface area contributed by atoms with E-state index < -0.39 is 0 Å². The number of fused-ring (bicyclic) bond motifs is 1. The third-order valence-corrected chi connectivity index (χ3v) is 5.95. The molecule has 22 heavy (non-hydrogen) atoms. The predicted octanol–water partition coefficient (Wildman–Crippen LogP) is 3.27. The zero-order chi connectivity index (χ0) is 15.7. The Morgan fingerprint density at radius 3 is 2.86 bits per heavy atom. The first-order valence-corrected chi connectivity index (χ1v) is 9.22. The molecule has 0 unspecified atom stereocenters. The Kier molecular flexibility index (Phi) is 4.64. The molecule has 0 saturated carbocycles. The third-order valence-electron chi connectivity index (χ3n) is 5.07. The van der Waals surface area contributed by atoms with Crippen LogP contribution in [0.5, 0.6) is 0 Å². The topological polar surface area (TPSA) is 35.6 Å². The molecule has 1 aromatic carbocycles. The van der Waals surface area contributed by atoms with Gasteiger partial charge in [-0.2, -0.15) is 0 Å². The molecular formula is C17H25N3OS. The number of thioether (sulfide) groups is 1. The van der Waals surface area contributed by atoms with E-state index in [1.165, 1.54) is 11.3 Å². The number of carbonyl (C=O) groups excluding carboxylic acids is 1. The van der Waals surface area contributed by atoms with Gasteiger partial charge in [-0.25, -0.2) is 4.79 Å². The summed E-state index contributed by atoms with van der Waals surface area (Å²) in [5, 5.41) is 3.13. The summed E-state index contributed by atoms with van der Waals surface area (Å²) in [7, 11) is 2.15. The van der Waals surface area contributed by atoms with E-state index in [9.17, 15) is 4.79 Å². The normalized spacial score (nSPS) is 25.1. The molecule has 120 valence electrons. The van der Waals surface area contributed by atoms with E-state index in [1.807, 2.05) is 17.0 Å². The van der Waals surface area contributed by atoms with E-state index >= 15 is 0 Å². The van der Waals surface area contributed by atoms with Gasteiger partial charge >= 0.3 is 6.03 Å². The average Bonchev–Trinajstić information content (AvgIpc) is 2.92. The molecule has 0 radical (unpaired) electrons. The van der Waals surface area contributed by atoms with E-state index in [2.05, 4.69) is 36.5 Å². The van der Waals surface area contributed by atoms with Gasteiger partial charge in [-0.05, 0) is 63.2 Å². The van der Waals surface area contributed by atoms with Crippen molar-refractivity contribution in [1.29, 1.82) is 0 Å². The second-order valence-corrected chi connectivity index (χ2v) is 7.27. The number of hydrogen-bond donors (Lipinski definition) is 1. The Hall–Kier alpha value is -1.20. The molecule has 5 heteroatoms. The standard InChI is InChI=1S/C17H25N3OS/c1-12-14(5-4-6-16(12)22-3)18-17(21)20-10-8-13-7-9-19(2)11-15(13)20/h4-6,13,15H,7-11H2,1-3H3,(H,18,21)/t13-,15+/m1/s1. The van der Waals surface area contributed by atoms with Crippen LogP contribution in [0.1, 0.15) is 18.4 Å². The number of amides is 2. The second-order valence-electron chi connectivity index (χ2n) is 6.42. The quantitative estimate of drug-likeness (QED) is 0.850. The number of nitrogens with one attached hydrogen (secondary N) is 1. The lowest BCUT2D eigenvalue weighted by atomic mass is 9.92. The molecule has 4 nitrogen and oxygen atoms in total. The molecule has 1 N–H and O–H groups in total. The number of likely N-dealkylation sites (N-methyl/N-ethyl adjacent to an activating group) is 1. The van der Waals surface area contributed by atoms with Crippen molar-refractivity contribution in [3.8, 4) is 0 Å². The Bertz CT molecular complexity index is 563. The molecule has 2 heterocycles. The zero-order valence-corrected chi connectivity index (χ0v) is 14.4. The lowest BCUT2D eigenvalue weighted by molar-refractivity contribution is 0.137. The number of carbonyl (C=O) groups is 1. The molecule has 0 aliphatic carbocycles. The van der Waals surface area contributed by atoms with Crippen molar-refractivity contribution in [2.24, 2.45) is 5.92 Å². The van der Waals surface area contributed by atoms with Crippen LogP contribution in [-0.4, -0.2) is 54.8 Å². The fourth-order valence-electron chi connectivity index (χ4n) is 3.71. The molecule has 0 bridgehead atoms. The van der Waals surface area contributed by atoms with Crippen LogP contribution >= 0.6 is 11.8 Å². The van der Waals surface area contributed by atoms with Crippen molar-refractivity contribution in [2.45, 2.75) is 30.7 Å². The van der Waals surface area contributed by atoms with Crippen molar-refractivity contribution >= 4 is 23.5 Å². The molecule has 2 amide bonds. The first kappa shape index (κ1) is 15.7. The van der Waals surface area contributed by atoms with Gasteiger partial charge in [-0.1, -0.05) is 6.07 Å². The number of hydrogen-bond acceptors (Lipinski definition) is 3. The van der Waals surface area contributed by atoms with Crippen LogP contribution in [0, 0.1) is 12.8 Å². The largest absolute Gasteiger partial charge is 0.322 e. The number of nitrogens with zero attached hydrogens (tertiary/aromatic N) is 2. The minimum absolute atomic E-state index is 0.0594. The van der Waals surface area contributed by atoms with Gasteiger partial charge in [-0.15, -0.1) is 11.8 Å². The van der Waals surface area contributed by atoms with Gasteiger partial charge in [0.2, 0.25) is 0 Å². The van der Waals surface area contributed by atoms with Crippen LogP contribution in [0.4, 0.5) is 10.5 Å². The van der Waals surface area contributed by atoms with E-state index in [-0.39, 0.29) is 6.03 Å². The van der Waals surface area contributed by atoms with Gasteiger partial charge in [0.25, 0.3) is 0 Å². The maximum atomic E-state index is 12.7. The molecule has 2 aliphatic heterocycles. The fourth-order valence-corrected chi connectivity index (χ4v) is 4.34. The van der Waals surface area contributed by atoms with Crippen molar-refractivity contribution < 1.29 is 4.79 Å². The van der Waals surface area contributed by atoms with Gasteiger partial charge in [0.05, 0.1) is 0 Å². The number of likely N-dealkylation sites (tertiary alicyclic amines) is 2. The summed E-state index contributed by atoms with van der Waals surface area (Å²) in [5.74, 6) is 0.681. The van der Waals surface area contributed by atoms with Gasteiger partial charge in [0, 0.05) is 29.7 Å². The molecular weight excluding hydrogens is 294 g/mol. The highest BCUT2D eigenvalue weighted by Gasteiger charge is 2.39. The Morgan fingerprint density at radius 1 is 1.32 bits per heavy atom. The lowest BCUT2D eigenvalue weighted by Gasteiger charge is -2.36. The van der Waals surface area contributed by atoms with Gasteiger partial charge in [0.1, 0.15) is 0 Å². The van der Waals surface area contributed by atoms with Gasteiger partial charge < -0.3 is 15.1 Å². The molecule has 1 aromatic rings. The van der Waals surface area contributed by atoms with Crippen LogP contribution in [0.25, 0.3) is 0 Å². The van der Waals surface area contributed by atoms with E-state index in [4.69, 9.17) is 0 Å². The summed E-state index contributed by atoms with van der Waals surface area (Å²) in [5.41, 5.74) is 2.09. The Balaban J connectivity index is 1.72. The van der Waals surface area contributed by atoms with Crippen LogP contribution in [0.2, 0.25) is 0 Å². The number of urea groups is 1. The van der Waals surface area contributed by atoms with Crippen LogP contribution in [0.3, 0.4) is 0 Å².